The van der Waals surface area contributed by atoms with Gasteiger partial charge in [0.1, 0.15) is 5.01 Å². The van der Waals surface area contributed by atoms with E-state index in [0.717, 1.165) is 16.0 Å². The van der Waals surface area contributed by atoms with E-state index < -0.39 is 11.7 Å². The highest BCUT2D eigenvalue weighted by Gasteiger charge is 2.33. The highest BCUT2D eigenvalue weighted by atomic mass is 79.9. The topological polar surface area (TPSA) is 24.9 Å². The molecule has 0 atom stereocenters. The lowest BCUT2D eigenvalue weighted by molar-refractivity contribution is -0.137. The number of nitrogens with one attached hydrogen (secondary N) is 1. The molecule has 0 aliphatic rings. The van der Waals surface area contributed by atoms with Crippen molar-refractivity contribution in [1.29, 1.82) is 0 Å². The van der Waals surface area contributed by atoms with Gasteiger partial charge in [0.15, 0.2) is 0 Å². The van der Waals surface area contributed by atoms with Crippen molar-refractivity contribution < 1.29 is 13.2 Å². The maximum atomic E-state index is 12.9. The van der Waals surface area contributed by atoms with Crippen molar-refractivity contribution in [2.24, 2.45) is 0 Å². The maximum Gasteiger partial charge on any atom is 0.418 e. The zero-order valence-electron chi connectivity index (χ0n) is 9.88. The minimum atomic E-state index is -4.38. The second-order valence-electron chi connectivity index (χ2n) is 3.91. The van der Waals surface area contributed by atoms with E-state index in [0.29, 0.717) is 4.47 Å². The van der Waals surface area contributed by atoms with Gasteiger partial charge in [-0.15, -0.1) is 11.3 Å². The number of nitrogens with zero attached hydrogens (tertiary/aromatic N) is 1. The third-order valence-electron chi connectivity index (χ3n) is 2.39. The van der Waals surface area contributed by atoms with Crippen molar-refractivity contribution in [3.05, 3.63) is 44.3 Å². The number of thiazole rings is 1. The number of aromatic nitrogens is 1. The van der Waals surface area contributed by atoms with Crippen LogP contribution in [0.3, 0.4) is 0 Å². The number of benzene rings is 1. The summed E-state index contributed by atoms with van der Waals surface area (Å²) in [5, 5.41) is 3.54. The van der Waals surface area contributed by atoms with Crippen molar-refractivity contribution in [2.45, 2.75) is 19.6 Å². The summed E-state index contributed by atoms with van der Waals surface area (Å²) < 4.78 is 39.1. The van der Waals surface area contributed by atoms with Crippen LogP contribution >= 0.6 is 27.3 Å². The molecule has 0 bridgehead atoms. The van der Waals surface area contributed by atoms with Crippen LogP contribution in [0.25, 0.3) is 0 Å². The van der Waals surface area contributed by atoms with Crippen molar-refractivity contribution in [1.82, 2.24) is 4.98 Å². The van der Waals surface area contributed by atoms with Crippen LogP contribution < -0.4 is 5.32 Å². The Bertz CT molecular complexity index is 581. The van der Waals surface area contributed by atoms with Gasteiger partial charge >= 0.3 is 6.18 Å². The van der Waals surface area contributed by atoms with Crippen LogP contribution in [0.15, 0.2) is 28.9 Å². The maximum absolute atomic E-state index is 12.9. The van der Waals surface area contributed by atoms with Gasteiger partial charge in [-0.05, 0) is 25.1 Å². The summed E-state index contributed by atoms with van der Waals surface area (Å²) in [4.78, 5) is 5.14. The lowest BCUT2D eigenvalue weighted by Crippen LogP contribution is -2.10. The summed E-state index contributed by atoms with van der Waals surface area (Å²) in [6.45, 7) is 2.19. The molecule has 0 aliphatic heterocycles. The van der Waals surface area contributed by atoms with Gasteiger partial charge < -0.3 is 5.32 Å². The monoisotopic (exact) mass is 350 g/mol. The molecule has 0 spiro atoms. The number of anilines is 1. The Labute approximate surface area is 120 Å². The average Bonchev–Trinajstić information content (AvgIpc) is 2.72. The molecule has 0 saturated heterocycles. The van der Waals surface area contributed by atoms with Crippen LogP contribution in [0, 0.1) is 6.92 Å². The van der Waals surface area contributed by atoms with E-state index in [9.17, 15) is 13.2 Å². The molecular weight excluding hydrogens is 341 g/mol. The Balaban J connectivity index is 2.20. The fraction of sp³-hybridized carbons (Fsp3) is 0.250. The van der Waals surface area contributed by atoms with Crippen LogP contribution in [-0.2, 0) is 12.7 Å². The molecule has 1 N–H and O–H groups in total. The fourth-order valence-electron chi connectivity index (χ4n) is 1.56. The molecule has 0 fully saturated rings. The van der Waals surface area contributed by atoms with Gasteiger partial charge in [0.2, 0.25) is 0 Å². The SMILES string of the molecule is Cc1cnc(CNc2ccc(Br)cc2C(F)(F)F)s1. The largest absolute Gasteiger partial charge is 0.418 e. The zero-order valence-corrected chi connectivity index (χ0v) is 12.3. The minimum Gasteiger partial charge on any atom is -0.378 e. The first-order chi connectivity index (χ1) is 8.86. The van der Waals surface area contributed by atoms with Gasteiger partial charge in [-0.1, -0.05) is 15.9 Å². The van der Waals surface area contributed by atoms with E-state index in [-0.39, 0.29) is 12.2 Å². The minimum absolute atomic E-state index is 0.0588. The van der Waals surface area contributed by atoms with E-state index in [1.165, 1.54) is 17.4 Å². The molecule has 0 saturated carbocycles. The second-order valence-corrected chi connectivity index (χ2v) is 6.14. The lowest BCUT2D eigenvalue weighted by Gasteiger charge is -2.14. The molecule has 102 valence electrons. The van der Waals surface area contributed by atoms with Gasteiger partial charge in [-0.3, -0.25) is 0 Å². The van der Waals surface area contributed by atoms with Gasteiger partial charge in [-0.25, -0.2) is 4.98 Å². The fourth-order valence-corrected chi connectivity index (χ4v) is 2.65. The predicted octanol–water partition coefficient (Wildman–Crippen LogP) is 4.84. The molecule has 0 aliphatic carbocycles. The van der Waals surface area contributed by atoms with E-state index >= 15 is 0 Å². The first-order valence-electron chi connectivity index (χ1n) is 5.38. The molecule has 1 aromatic heterocycles. The van der Waals surface area contributed by atoms with E-state index in [2.05, 4.69) is 26.2 Å². The predicted molar refractivity (Wildman–Crippen MR) is 73.3 cm³/mol. The highest BCUT2D eigenvalue weighted by Crippen LogP contribution is 2.36. The summed E-state index contributed by atoms with van der Waals surface area (Å²) in [6.07, 6.45) is -2.68. The van der Waals surface area contributed by atoms with Gasteiger partial charge in [0.05, 0.1) is 12.1 Å². The quantitative estimate of drug-likeness (QED) is 0.856. The van der Waals surface area contributed by atoms with E-state index in [1.54, 1.807) is 12.3 Å². The molecule has 0 amide bonds. The molecule has 0 unspecified atom stereocenters. The Morgan fingerprint density at radius 3 is 2.68 bits per heavy atom. The lowest BCUT2D eigenvalue weighted by atomic mass is 10.1. The molecule has 2 rings (SSSR count). The number of hydrogen-bond donors (Lipinski definition) is 1. The molecular formula is C12H10BrF3N2S. The van der Waals surface area contributed by atoms with Crippen LogP contribution in [0.1, 0.15) is 15.4 Å². The smallest absolute Gasteiger partial charge is 0.378 e. The Morgan fingerprint density at radius 1 is 1.37 bits per heavy atom. The van der Waals surface area contributed by atoms with Crippen molar-refractivity contribution >= 4 is 33.0 Å². The third kappa shape index (κ3) is 3.70. The standard InChI is InChI=1S/C12H10BrF3N2S/c1-7-5-18-11(19-7)6-17-10-3-2-8(13)4-9(10)12(14,15)16/h2-5,17H,6H2,1H3. The Morgan fingerprint density at radius 2 is 2.11 bits per heavy atom. The average molecular weight is 351 g/mol. The summed E-state index contributed by atoms with van der Waals surface area (Å²) in [5.41, 5.74) is -0.626. The first kappa shape index (κ1) is 14.3. The summed E-state index contributed by atoms with van der Waals surface area (Å²) >= 11 is 4.51. The third-order valence-corrected chi connectivity index (χ3v) is 3.79. The van der Waals surface area contributed by atoms with E-state index in [1.807, 2.05) is 6.92 Å². The molecule has 1 aromatic carbocycles. The normalized spacial score (nSPS) is 11.6. The molecule has 1 heterocycles. The number of alkyl halides is 3. The number of halogens is 4. The molecule has 0 radical (unpaired) electrons. The van der Waals surface area contributed by atoms with Crippen molar-refractivity contribution in [3.63, 3.8) is 0 Å². The highest BCUT2D eigenvalue weighted by molar-refractivity contribution is 9.10. The van der Waals surface area contributed by atoms with Crippen LogP contribution in [0.2, 0.25) is 0 Å². The molecule has 19 heavy (non-hydrogen) atoms. The Kier molecular flexibility index (Phi) is 4.15. The molecule has 2 aromatic rings. The van der Waals surface area contributed by atoms with Crippen molar-refractivity contribution in [2.75, 3.05) is 5.32 Å². The van der Waals surface area contributed by atoms with Crippen LogP contribution in [-0.4, -0.2) is 4.98 Å². The molecule has 2 nitrogen and oxygen atoms in total. The van der Waals surface area contributed by atoms with Gasteiger partial charge in [0, 0.05) is 21.2 Å². The summed E-state index contributed by atoms with van der Waals surface area (Å²) in [6, 6.07) is 4.05. The van der Waals surface area contributed by atoms with Crippen LogP contribution in [0.4, 0.5) is 18.9 Å². The summed E-state index contributed by atoms with van der Waals surface area (Å²) in [5.74, 6) is 0. The van der Waals surface area contributed by atoms with Crippen LogP contribution in [0.5, 0.6) is 0 Å². The van der Waals surface area contributed by atoms with Gasteiger partial charge in [-0.2, -0.15) is 13.2 Å². The van der Waals surface area contributed by atoms with Crippen molar-refractivity contribution in [3.8, 4) is 0 Å². The zero-order chi connectivity index (χ0) is 14.0. The molecule has 7 heteroatoms. The number of rotatable bonds is 3. The number of aryl methyl sites for hydroxylation is 1. The van der Waals surface area contributed by atoms with E-state index in [4.69, 9.17) is 0 Å². The van der Waals surface area contributed by atoms with Gasteiger partial charge in [0.25, 0.3) is 0 Å². The second kappa shape index (κ2) is 5.50. The number of hydrogen-bond acceptors (Lipinski definition) is 3. The Hall–Kier alpha value is -1.08. The first-order valence-corrected chi connectivity index (χ1v) is 6.99. The summed E-state index contributed by atoms with van der Waals surface area (Å²) in [7, 11) is 0.